The maximum atomic E-state index is 8.68. The number of hydrogen-bond acceptors (Lipinski definition) is 0. The van der Waals surface area contributed by atoms with Crippen molar-refractivity contribution >= 4 is 6.08 Å². The zero-order chi connectivity index (χ0) is 12.3. The number of hydrogen-bond donors (Lipinski definition) is 0. The van der Waals surface area contributed by atoms with Crippen LogP contribution >= 0.6 is 0 Å². The molecule has 0 spiro atoms. The molecule has 0 aliphatic heterocycles. The molecule has 2 atom stereocenters. The SMILES string of the molecule is [2H]C1=Cc2ccccc2C2c3ccccc3C12[2H]. The van der Waals surface area contributed by atoms with E-state index in [1.165, 1.54) is 11.1 Å². The highest BCUT2D eigenvalue weighted by atomic mass is 14.4. The minimum atomic E-state index is -0.870. The summed E-state index contributed by atoms with van der Waals surface area (Å²) in [5, 5.41) is 0. The standard InChI is InChI=1S/C16H12/c1-2-6-12-11(5-1)9-10-15-13-7-3-4-8-14(13)16(12)15/h1-10,15-16H/i10D,15D. The molecule has 76 valence electrons. The summed E-state index contributed by atoms with van der Waals surface area (Å²) >= 11 is 0. The van der Waals surface area contributed by atoms with Crippen LogP contribution in [0.4, 0.5) is 0 Å². The Morgan fingerprint density at radius 1 is 0.875 bits per heavy atom. The highest BCUT2D eigenvalue weighted by molar-refractivity contribution is 5.68. The van der Waals surface area contributed by atoms with Crippen LogP contribution in [0.5, 0.6) is 0 Å². The third-order valence-electron chi connectivity index (χ3n) is 3.54. The topological polar surface area (TPSA) is 0 Å². The molecule has 0 fully saturated rings. The fraction of sp³-hybridized carbons (Fsp3) is 0.125. The first kappa shape index (κ1) is 6.70. The van der Waals surface area contributed by atoms with Crippen molar-refractivity contribution < 1.29 is 2.74 Å². The van der Waals surface area contributed by atoms with E-state index >= 15 is 0 Å². The summed E-state index contributed by atoms with van der Waals surface area (Å²) in [5.41, 5.74) is 4.47. The van der Waals surface area contributed by atoms with Crippen LogP contribution in [0.25, 0.3) is 6.08 Å². The zero-order valence-corrected chi connectivity index (χ0v) is 8.77. The van der Waals surface area contributed by atoms with Gasteiger partial charge >= 0.3 is 0 Å². The summed E-state index contributed by atoms with van der Waals surface area (Å²) in [6.45, 7) is 0. The normalized spacial score (nSPS) is 31.0. The minimum absolute atomic E-state index is 0.0300. The Morgan fingerprint density at radius 2 is 1.56 bits per heavy atom. The van der Waals surface area contributed by atoms with Gasteiger partial charge in [-0.3, -0.25) is 0 Å². The maximum absolute atomic E-state index is 8.68. The van der Waals surface area contributed by atoms with Crippen molar-refractivity contribution in [1.82, 2.24) is 0 Å². The molecule has 0 heteroatoms. The van der Waals surface area contributed by atoms with Gasteiger partial charge in [0.15, 0.2) is 0 Å². The molecule has 0 heterocycles. The Kier molecular flexibility index (Phi) is 1.19. The molecule has 0 bridgehead atoms. The number of benzene rings is 2. The highest BCUT2D eigenvalue weighted by Gasteiger charge is 2.38. The van der Waals surface area contributed by atoms with Gasteiger partial charge in [0.2, 0.25) is 0 Å². The van der Waals surface area contributed by atoms with Crippen LogP contribution in [0.3, 0.4) is 0 Å². The third kappa shape index (κ3) is 0.898. The largest absolute Gasteiger partial charge is 0.0754 e. The van der Waals surface area contributed by atoms with Crippen molar-refractivity contribution in [3.63, 3.8) is 0 Å². The van der Waals surface area contributed by atoms with Gasteiger partial charge in [-0.05, 0) is 22.3 Å². The molecule has 2 aliphatic carbocycles. The fourth-order valence-corrected chi connectivity index (χ4v) is 2.77. The molecule has 4 rings (SSSR count). The molecule has 2 aliphatic rings. The van der Waals surface area contributed by atoms with Crippen LogP contribution in [0.2, 0.25) is 0 Å². The van der Waals surface area contributed by atoms with Crippen molar-refractivity contribution in [2.45, 2.75) is 11.8 Å². The van der Waals surface area contributed by atoms with Gasteiger partial charge in [-0.1, -0.05) is 60.7 Å². The lowest BCUT2D eigenvalue weighted by Gasteiger charge is -2.41. The average molecular weight is 206 g/mol. The Morgan fingerprint density at radius 3 is 2.44 bits per heavy atom. The van der Waals surface area contributed by atoms with Gasteiger partial charge in [-0.15, -0.1) is 0 Å². The zero-order valence-electron chi connectivity index (χ0n) is 10.8. The van der Waals surface area contributed by atoms with E-state index in [2.05, 4.69) is 12.1 Å². The molecule has 2 unspecified atom stereocenters. The first-order chi connectivity index (χ1) is 8.73. The molecule has 0 N–H and O–H groups in total. The molecule has 0 saturated heterocycles. The van der Waals surface area contributed by atoms with E-state index in [0.717, 1.165) is 11.1 Å². The van der Waals surface area contributed by atoms with Gasteiger partial charge in [-0.25, -0.2) is 0 Å². The summed E-state index contributed by atoms with van der Waals surface area (Å²) in [6, 6.07) is 16.6. The van der Waals surface area contributed by atoms with E-state index in [0.29, 0.717) is 6.05 Å². The van der Waals surface area contributed by atoms with Crippen LogP contribution in [0.15, 0.2) is 54.6 Å². The van der Waals surface area contributed by atoms with Crippen molar-refractivity contribution in [1.29, 1.82) is 0 Å². The third-order valence-corrected chi connectivity index (χ3v) is 3.54. The van der Waals surface area contributed by atoms with Gasteiger partial charge in [0.05, 0.1) is 1.37 Å². The fourth-order valence-electron chi connectivity index (χ4n) is 2.77. The molecular weight excluding hydrogens is 192 g/mol. The molecule has 0 nitrogen and oxygen atoms in total. The summed E-state index contributed by atoms with van der Waals surface area (Å²) in [6.07, 6.45) is 1.84. The predicted octanol–water partition coefficient (Wildman–Crippen LogP) is 3.94. The lowest BCUT2D eigenvalue weighted by Crippen LogP contribution is -2.26. The van der Waals surface area contributed by atoms with E-state index in [1.54, 1.807) is 0 Å². The summed E-state index contributed by atoms with van der Waals surface area (Å²) in [7, 11) is 0. The van der Waals surface area contributed by atoms with Crippen LogP contribution < -0.4 is 0 Å². The maximum Gasteiger partial charge on any atom is 0.0583 e. The van der Waals surface area contributed by atoms with Gasteiger partial charge in [0.1, 0.15) is 0 Å². The molecule has 2 aromatic rings. The second kappa shape index (κ2) is 2.85. The monoisotopic (exact) mass is 206 g/mol. The Hall–Kier alpha value is -1.82. The van der Waals surface area contributed by atoms with Crippen LogP contribution in [-0.2, 0) is 0 Å². The lowest BCUT2D eigenvalue weighted by atomic mass is 9.62. The summed E-state index contributed by atoms with van der Waals surface area (Å²) in [4.78, 5) is 0. The number of rotatable bonds is 0. The Labute approximate surface area is 98.1 Å². The Bertz CT molecular complexity index is 687. The number of fused-ring (bicyclic) bond motifs is 6. The van der Waals surface area contributed by atoms with Crippen LogP contribution in [0, 0.1) is 0 Å². The van der Waals surface area contributed by atoms with Gasteiger partial charge in [0, 0.05) is 13.2 Å². The Balaban J connectivity index is 2.05. The van der Waals surface area contributed by atoms with E-state index < -0.39 is 5.89 Å². The van der Waals surface area contributed by atoms with Gasteiger partial charge in [0.25, 0.3) is 0 Å². The average Bonchev–Trinajstić information content (AvgIpc) is 2.39. The summed E-state index contributed by atoms with van der Waals surface area (Å²) in [5.74, 6) is -0.840. The second-order valence-electron chi connectivity index (χ2n) is 4.35. The van der Waals surface area contributed by atoms with E-state index in [1.807, 2.05) is 42.5 Å². The first-order valence-electron chi connectivity index (χ1n) is 6.60. The van der Waals surface area contributed by atoms with Crippen LogP contribution in [0.1, 0.15) is 36.8 Å². The molecule has 0 saturated carbocycles. The molecule has 16 heavy (non-hydrogen) atoms. The first-order valence-corrected chi connectivity index (χ1v) is 5.60. The highest BCUT2D eigenvalue weighted by Crippen LogP contribution is 2.54. The minimum Gasteiger partial charge on any atom is -0.0754 e. The van der Waals surface area contributed by atoms with Crippen molar-refractivity contribution in [3.05, 3.63) is 76.8 Å². The number of allylic oxidation sites excluding steroid dienone is 1. The van der Waals surface area contributed by atoms with E-state index in [-0.39, 0.29) is 5.92 Å². The van der Waals surface area contributed by atoms with Crippen molar-refractivity contribution in [2.75, 3.05) is 0 Å². The van der Waals surface area contributed by atoms with Crippen LogP contribution in [-0.4, -0.2) is 0 Å². The van der Waals surface area contributed by atoms with E-state index in [9.17, 15) is 0 Å². The lowest BCUT2D eigenvalue weighted by molar-refractivity contribution is 0.619. The molecule has 0 radical (unpaired) electrons. The molecule has 2 aromatic carbocycles. The molecular formula is C16H12. The van der Waals surface area contributed by atoms with Gasteiger partial charge in [-0.2, -0.15) is 0 Å². The van der Waals surface area contributed by atoms with Crippen molar-refractivity contribution in [3.8, 4) is 0 Å². The predicted molar refractivity (Wildman–Crippen MR) is 66.5 cm³/mol. The second-order valence-corrected chi connectivity index (χ2v) is 4.35. The smallest absolute Gasteiger partial charge is 0.0583 e. The summed E-state index contributed by atoms with van der Waals surface area (Å²) < 4.78 is 16.9. The van der Waals surface area contributed by atoms with E-state index in [4.69, 9.17) is 2.74 Å². The quantitative estimate of drug-likeness (QED) is 0.612. The van der Waals surface area contributed by atoms with Gasteiger partial charge < -0.3 is 0 Å². The molecule has 0 amide bonds. The molecule has 0 aromatic heterocycles. The van der Waals surface area contributed by atoms with Crippen molar-refractivity contribution in [2.24, 2.45) is 0 Å².